The molecule has 2 heterocycles. The molecule has 0 atom stereocenters. The second kappa shape index (κ2) is 6.02. The van der Waals surface area contributed by atoms with Crippen molar-refractivity contribution in [2.24, 2.45) is 11.1 Å². The second-order valence-electron chi connectivity index (χ2n) is 4.49. The summed E-state index contributed by atoms with van der Waals surface area (Å²) in [5, 5.41) is 2.95. The summed E-state index contributed by atoms with van der Waals surface area (Å²) in [5.41, 5.74) is 5.32. The molecule has 1 aromatic heterocycles. The Morgan fingerprint density at radius 1 is 1.50 bits per heavy atom. The van der Waals surface area contributed by atoms with E-state index in [1.807, 2.05) is 12.1 Å². The Labute approximate surface area is 115 Å². The Morgan fingerprint density at radius 3 is 2.78 bits per heavy atom. The minimum Gasteiger partial charge on any atom is -0.381 e. The summed E-state index contributed by atoms with van der Waals surface area (Å²) in [4.78, 5) is 13.3. The number of ether oxygens (including phenoxy) is 1. The van der Waals surface area contributed by atoms with E-state index in [2.05, 4.69) is 5.32 Å². The highest BCUT2D eigenvalue weighted by molar-refractivity contribution is 7.16. The standard InChI is InChI=1S/C12H17ClN2O2S/c13-10-2-1-9(18-10)7-15-11(16)12(8-14)3-5-17-6-4-12/h1-2H,3-8,14H2,(H,15,16). The zero-order chi connectivity index (χ0) is 13.0. The molecule has 1 aliphatic heterocycles. The van der Waals surface area contributed by atoms with Crippen LogP contribution in [0.4, 0.5) is 0 Å². The molecule has 1 amide bonds. The number of nitrogens with one attached hydrogen (secondary N) is 1. The Kier molecular flexibility index (Phi) is 4.61. The molecule has 1 fully saturated rings. The van der Waals surface area contributed by atoms with Crippen molar-refractivity contribution >= 4 is 28.8 Å². The highest BCUT2D eigenvalue weighted by atomic mass is 35.5. The maximum Gasteiger partial charge on any atom is 0.227 e. The third-order valence-electron chi connectivity index (χ3n) is 3.37. The van der Waals surface area contributed by atoms with Gasteiger partial charge in [-0.15, -0.1) is 11.3 Å². The lowest BCUT2D eigenvalue weighted by atomic mass is 9.79. The first-order valence-electron chi connectivity index (χ1n) is 5.97. The van der Waals surface area contributed by atoms with Crippen LogP contribution in [0.3, 0.4) is 0 Å². The van der Waals surface area contributed by atoms with Gasteiger partial charge in [-0.25, -0.2) is 0 Å². The molecule has 0 radical (unpaired) electrons. The van der Waals surface area contributed by atoms with E-state index in [4.69, 9.17) is 22.1 Å². The molecule has 1 saturated heterocycles. The summed E-state index contributed by atoms with van der Waals surface area (Å²) in [7, 11) is 0. The third-order valence-corrected chi connectivity index (χ3v) is 4.61. The number of carbonyl (C=O) groups is 1. The fraction of sp³-hybridized carbons (Fsp3) is 0.583. The minimum absolute atomic E-state index is 0.0258. The molecule has 6 heteroatoms. The SMILES string of the molecule is NCC1(C(=O)NCc2ccc(Cl)s2)CCOCC1. The Hall–Kier alpha value is -0.620. The van der Waals surface area contributed by atoms with Gasteiger partial charge < -0.3 is 15.8 Å². The normalized spacial score (nSPS) is 18.6. The van der Waals surface area contributed by atoms with Crippen molar-refractivity contribution in [1.29, 1.82) is 0 Å². The first-order valence-corrected chi connectivity index (χ1v) is 7.16. The minimum atomic E-state index is -0.459. The quantitative estimate of drug-likeness (QED) is 0.887. The molecule has 0 bridgehead atoms. The molecule has 100 valence electrons. The number of rotatable bonds is 4. The van der Waals surface area contributed by atoms with Crippen LogP contribution in [0.25, 0.3) is 0 Å². The summed E-state index contributed by atoms with van der Waals surface area (Å²) in [6.07, 6.45) is 1.39. The van der Waals surface area contributed by atoms with Gasteiger partial charge in [0.15, 0.2) is 0 Å². The van der Waals surface area contributed by atoms with Crippen molar-refractivity contribution in [3.63, 3.8) is 0 Å². The Bertz CT molecular complexity index is 416. The maximum atomic E-state index is 12.3. The topological polar surface area (TPSA) is 64.4 Å². The third kappa shape index (κ3) is 3.03. The van der Waals surface area contributed by atoms with Gasteiger partial charge in [-0.3, -0.25) is 4.79 Å². The predicted molar refractivity (Wildman–Crippen MR) is 72.7 cm³/mol. The van der Waals surface area contributed by atoms with Crippen molar-refractivity contribution in [2.75, 3.05) is 19.8 Å². The van der Waals surface area contributed by atoms with Crippen LogP contribution in [0.5, 0.6) is 0 Å². The van der Waals surface area contributed by atoms with E-state index in [0.29, 0.717) is 39.1 Å². The molecule has 0 saturated carbocycles. The van der Waals surface area contributed by atoms with Gasteiger partial charge in [0.05, 0.1) is 16.3 Å². The molecule has 0 aliphatic carbocycles. The van der Waals surface area contributed by atoms with E-state index in [-0.39, 0.29) is 5.91 Å². The summed E-state index contributed by atoms with van der Waals surface area (Å²) in [6.45, 7) is 2.09. The Balaban J connectivity index is 1.93. The first kappa shape index (κ1) is 13.8. The summed E-state index contributed by atoms with van der Waals surface area (Å²) >= 11 is 7.33. The predicted octanol–water partition coefficient (Wildman–Crippen LogP) is 1.77. The van der Waals surface area contributed by atoms with Crippen molar-refractivity contribution < 1.29 is 9.53 Å². The number of amides is 1. The van der Waals surface area contributed by atoms with E-state index in [0.717, 1.165) is 9.21 Å². The molecule has 1 aromatic rings. The van der Waals surface area contributed by atoms with E-state index in [1.165, 1.54) is 11.3 Å². The average Bonchev–Trinajstić information content (AvgIpc) is 2.82. The van der Waals surface area contributed by atoms with Gasteiger partial charge in [-0.2, -0.15) is 0 Å². The Morgan fingerprint density at radius 2 is 2.22 bits per heavy atom. The van der Waals surface area contributed by atoms with Crippen molar-refractivity contribution in [3.05, 3.63) is 21.3 Å². The molecule has 4 nitrogen and oxygen atoms in total. The van der Waals surface area contributed by atoms with E-state index in [1.54, 1.807) is 0 Å². The highest BCUT2D eigenvalue weighted by Gasteiger charge is 2.38. The first-order chi connectivity index (χ1) is 8.66. The molecular formula is C12H17ClN2O2S. The lowest BCUT2D eigenvalue weighted by Gasteiger charge is -2.34. The fourth-order valence-electron chi connectivity index (χ4n) is 2.09. The number of thiophene rings is 1. The molecule has 0 unspecified atom stereocenters. The molecule has 0 spiro atoms. The van der Waals surface area contributed by atoms with Gasteiger partial charge in [-0.05, 0) is 25.0 Å². The monoisotopic (exact) mass is 288 g/mol. The van der Waals surface area contributed by atoms with Crippen LogP contribution < -0.4 is 11.1 Å². The van der Waals surface area contributed by atoms with Crippen LogP contribution in [0.15, 0.2) is 12.1 Å². The van der Waals surface area contributed by atoms with Gasteiger partial charge >= 0.3 is 0 Å². The maximum absolute atomic E-state index is 12.3. The molecular weight excluding hydrogens is 272 g/mol. The molecule has 2 rings (SSSR count). The van der Waals surface area contributed by atoms with Gasteiger partial charge in [0.1, 0.15) is 0 Å². The van der Waals surface area contributed by atoms with Crippen LogP contribution in [0.2, 0.25) is 4.34 Å². The summed E-state index contributed by atoms with van der Waals surface area (Å²) in [5.74, 6) is 0.0258. The van der Waals surface area contributed by atoms with Crippen molar-refractivity contribution in [3.8, 4) is 0 Å². The lowest BCUT2D eigenvalue weighted by molar-refractivity contribution is -0.136. The van der Waals surface area contributed by atoms with Crippen LogP contribution in [-0.4, -0.2) is 25.7 Å². The lowest BCUT2D eigenvalue weighted by Crippen LogP contribution is -2.48. The van der Waals surface area contributed by atoms with Crippen LogP contribution in [0, 0.1) is 5.41 Å². The number of carbonyl (C=O) groups excluding carboxylic acids is 1. The fourth-order valence-corrected chi connectivity index (χ4v) is 3.11. The van der Waals surface area contributed by atoms with E-state index in [9.17, 15) is 4.79 Å². The van der Waals surface area contributed by atoms with Gasteiger partial charge in [0, 0.05) is 24.6 Å². The highest BCUT2D eigenvalue weighted by Crippen LogP contribution is 2.30. The average molecular weight is 289 g/mol. The molecule has 0 aromatic carbocycles. The van der Waals surface area contributed by atoms with E-state index < -0.39 is 5.41 Å². The molecule has 1 aliphatic rings. The van der Waals surface area contributed by atoms with E-state index >= 15 is 0 Å². The van der Waals surface area contributed by atoms with Gasteiger partial charge in [0.2, 0.25) is 5.91 Å². The van der Waals surface area contributed by atoms with Gasteiger partial charge in [-0.1, -0.05) is 11.6 Å². The van der Waals surface area contributed by atoms with Gasteiger partial charge in [0.25, 0.3) is 0 Å². The van der Waals surface area contributed by atoms with Crippen LogP contribution in [0.1, 0.15) is 17.7 Å². The van der Waals surface area contributed by atoms with Crippen molar-refractivity contribution in [2.45, 2.75) is 19.4 Å². The van der Waals surface area contributed by atoms with Crippen molar-refractivity contribution in [1.82, 2.24) is 5.32 Å². The zero-order valence-electron chi connectivity index (χ0n) is 10.1. The largest absolute Gasteiger partial charge is 0.381 e. The zero-order valence-corrected chi connectivity index (χ0v) is 11.6. The number of nitrogens with two attached hydrogens (primary N) is 1. The molecule has 18 heavy (non-hydrogen) atoms. The smallest absolute Gasteiger partial charge is 0.227 e. The molecule has 3 N–H and O–H groups in total. The number of hydrogen-bond acceptors (Lipinski definition) is 4. The number of halogens is 1. The van der Waals surface area contributed by atoms with Crippen LogP contribution >= 0.6 is 22.9 Å². The van der Waals surface area contributed by atoms with Crippen LogP contribution in [-0.2, 0) is 16.1 Å². The second-order valence-corrected chi connectivity index (χ2v) is 6.28. The summed E-state index contributed by atoms with van der Waals surface area (Å²) < 4.78 is 6.03. The number of hydrogen-bond donors (Lipinski definition) is 2. The summed E-state index contributed by atoms with van der Waals surface area (Å²) in [6, 6.07) is 3.76.